The van der Waals surface area contributed by atoms with Crippen LogP contribution in [-0.2, 0) is 0 Å². The van der Waals surface area contributed by atoms with E-state index in [0.29, 0.717) is 0 Å². The molecule has 3 atom stereocenters. The van der Waals surface area contributed by atoms with E-state index in [-0.39, 0.29) is 0 Å². The summed E-state index contributed by atoms with van der Waals surface area (Å²) < 4.78 is 0. The van der Waals surface area contributed by atoms with Crippen LogP contribution in [0.3, 0.4) is 0 Å². The van der Waals surface area contributed by atoms with Gasteiger partial charge in [0.05, 0.1) is 0 Å². The molecule has 3 aliphatic rings. The summed E-state index contributed by atoms with van der Waals surface area (Å²) in [6.45, 7) is 10.8. The normalized spacial score (nSPS) is 33.0. The largest absolute Gasteiger partial charge is 0.304 e. The molecule has 24 heavy (non-hydrogen) atoms. The van der Waals surface area contributed by atoms with E-state index < -0.39 is 0 Å². The molecular formula is C21H45N3. The molecule has 3 rings (SSSR count). The van der Waals surface area contributed by atoms with Crippen LogP contribution in [0.4, 0.5) is 0 Å². The Labute approximate surface area is 152 Å². The number of rotatable bonds is 0. The van der Waals surface area contributed by atoms with Crippen molar-refractivity contribution in [2.75, 3.05) is 40.8 Å². The second kappa shape index (κ2) is 12.3. The number of nitrogens with zero attached hydrogens (tertiary/aromatic N) is 3. The molecule has 3 nitrogen and oxygen atoms in total. The zero-order valence-corrected chi connectivity index (χ0v) is 17.6. The van der Waals surface area contributed by atoms with Crippen molar-refractivity contribution in [3.05, 3.63) is 0 Å². The van der Waals surface area contributed by atoms with Gasteiger partial charge in [-0.2, -0.15) is 0 Å². The molecular weight excluding hydrogens is 294 g/mol. The summed E-state index contributed by atoms with van der Waals surface area (Å²) in [5, 5.41) is 0. The predicted octanol–water partition coefficient (Wildman–Crippen LogP) is 4.47. The van der Waals surface area contributed by atoms with Crippen molar-refractivity contribution >= 4 is 0 Å². The summed E-state index contributed by atoms with van der Waals surface area (Å²) in [5.74, 6) is 0. The number of hydrogen-bond donors (Lipinski definition) is 0. The number of piperidine rings is 3. The Morgan fingerprint density at radius 3 is 0.833 bits per heavy atom. The van der Waals surface area contributed by atoms with Gasteiger partial charge in [-0.1, -0.05) is 19.3 Å². The molecule has 0 aromatic heterocycles. The SMILES string of the molecule is CC1CCCCN1C.CC1CCCCN1C.CC1CCCCN1C. The summed E-state index contributed by atoms with van der Waals surface area (Å²) in [6.07, 6.45) is 12.7. The minimum absolute atomic E-state index is 0.837. The quantitative estimate of drug-likeness (QED) is 0.644. The van der Waals surface area contributed by atoms with E-state index in [0.717, 1.165) is 18.1 Å². The molecule has 0 aliphatic carbocycles. The molecule has 0 spiro atoms. The Balaban J connectivity index is 0.000000180. The molecule has 0 aromatic carbocycles. The van der Waals surface area contributed by atoms with E-state index in [1.807, 2.05) is 0 Å². The predicted molar refractivity (Wildman–Crippen MR) is 108 cm³/mol. The van der Waals surface area contributed by atoms with Gasteiger partial charge in [0.2, 0.25) is 0 Å². The van der Waals surface area contributed by atoms with E-state index in [4.69, 9.17) is 0 Å². The first-order chi connectivity index (χ1) is 11.4. The third-order valence-corrected chi connectivity index (χ3v) is 6.41. The first kappa shape index (κ1) is 21.9. The van der Waals surface area contributed by atoms with Crippen LogP contribution < -0.4 is 0 Å². The zero-order chi connectivity index (χ0) is 17.9. The van der Waals surface area contributed by atoms with Crippen molar-refractivity contribution < 1.29 is 0 Å². The van der Waals surface area contributed by atoms with Crippen LogP contribution in [0.5, 0.6) is 0 Å². The molecule has 3 heterocycles. The lowest BCUT2D eigenvalue weighted by Gasteiger charge is -2.29. The van der Waals surface area contributed by atoms with Crippen LogP contribution in [0, 0.1) is 0 Å². The van der Waals surface area contributed by atoms with Crippen molar-refractivity contribution in [2.45, 2.75) is 96.7 Å². The fourth-order valence-corrected chi connectivity index (χ4v) is 3.73. The topological polar surface area (TPSA) is 9.72 Å². The zero-order valence-electron chi connectivity index (χ0n) is 17.6. The van der Waals surface area contributed by atoms with E-state index in [1.54, 1.807) is 0 Å². The maximum atomic E-state index is 2.43. The minimum atomic E-state index is 0.837. The Kier molecular flexibility index (Phi) is 11.2. The van der Waals surface area contributed by atoms with Gasteiger partial charge < -0.3 is 14.7 Å². The van der Waals surface area contributed by atoms with Crippen LogP contribution in [-0.4, -0.2) is 73.6 Å². The molecule has 0 aromatic rings. The third-order valence-electron chi connectivity index (χ3n) is 6.41. The highest BCUT2D eigenvalue weighted by molar-refractivity contribution is 4.69. The van der Waals surface area contributed by atoms with Crippen molar-refractivity contribution in [2.24, 2.45) is 0 Å². The average Bonchev–Trinajstić information content (AvgIpc) is 2.57. The van der Waals surface area contributed by atoms with Gasteiger partial charge in [0.25, 0.3) is 0 Å². The number of hydrogen-bond acceptors (Lipinski definition) is 3. The van der Waals surface area contributed by atoms with Crippen LogP contribution in [0.15, 0.2) is 0 Å². The fraction of sp³-hybridized carbons (Fsp3) is 1.00. The van der Waals surface area contributed by atoms with E-state index in [9.17, 15) is 0 Å². The van der Waals surface area contributed by atoms with Crippen LogP contribution in [0.25, 0.3) is 0 Å². The highest BCUT2D eigenvalue weighted by Crippen LogP contribution is 2.14. The summed E-state index contributed by atoms with van der Waals surface area (Å²) in [6, 6.07) is 2.51. The van der Waals surface area contributed by atoms with Gasteiger partial charge in [0, 0.05) is 18.1 Å². The molecule has 3 heteroatoms. The molecule has 3 saturated heterocycles. The molecule has 0 bridgehead atoms. The van der Waals surface area contributed by atoms with Gasteiger partial charge in [-0.15, -0.1) is 0 Å². The second-order valence-electron chi connectivity index (χ2n) is 8.48. The molecule has 3 aliphatic heterocycles. The maximum absolute atomic E-state index is 2.43. The Morgan fingerprint density at radius 2 is 0.708 bits per heavy atom. The van der Waals surface area contributed by atoms with Gasteiger partial charge in [-0.3, -0.25) is 0 Å². The van der Waals surface area contributed by atoms with Gasteiger partial charge in [-0.05, 0) is 100 Å². The highest BCUT2D eigenvalue weighted by Gasteiger charge is 2.13. The highest BCUT2D eigenvalue weighted by atomic mass is 15.1. The lowest BCUT2D eigenvalue weighted by Crippen LogP contribution is -2.33. The van der Waals surface area contributed by atoms with Crippen molar-refractivity contribution in [1.82, 2.24) is 14.7 Å². The van der Waals surface area contributed by atoms with Gasteiger partial charge in [0.1, 0.15) is 0 Å². The van der Waals surface area contributed by atoms with Gasteiger partial charge in [0.15, 0.2) is 0 Å². The second-order valence-corrected chi connectivity index (χ2v) is 8.48. The molecule has 144 valence electrons. The van der Waals surface area contributed by atoms with Gasteiger partial charge in [-0.25, -0.2) is 0 Å². The van der Waals surface area contributed by atoms with Crippen LogP contribution >= 0.6 is 0 Å². The molecule has 0 saturated carbocycles. The van der Waals surface area contributed by atoms with Crippen molar-refractivity contribution in [1.29, 1.82) is 0 Å². The number of likely N-dealkylation sites (tertiary alicyclic amines) is 3. The third kappa shape index (κ3) is 8.82. The Bertz CT molecular complexity index is 230. The summed E-state index contributed by atoms with van der Waals surface area (Å²) >= 11 is 0. The molecule has 0 N–H and O–H groups in total. The summed E-state index contributed by atoms with van der Waals surface area (Å²) in [7, 11) is 6.64. The standard InChI is InChI=1S/3C7H15N/c3*1-7-5-3-4-6-8(7)2/h3*7H,3-6H2,1-2H3. The smallest absolute Gasteiger partial charge is 0.00638 e. The maximum Gasteiger partial charge on any atom is 0.00638 e. The first-order valence-electron chi connectivity index (χ1n) is 10.5. The van der Waals surface area contributed by atoms with Crippen molar-refractivity contribution in [3.8, 4) is 0 Å². The Hall–Kier alpha value is -0.120. The molecule has 0 amide bonds. The average molecular weight is 340 g/mol. The van der Waals surface area contributed by atoms with Gasteiger partial charge >= 0.3 is 0 Å². The molecule has 3 fully saturated rings. The Morgan fingerprint density at radius 1 is 0.458 bits per heavy atom. The van der Waals surface area contributed by atoms with Crippen LogP contribution in [0.2, 0.25) is 0 Å². The van der Waals surface area contributed by atoms with E-state index >= 15 is 0 Å². The van der Waals surface area contributed by atoms with E-state index in [1.165, 1.54) is 77.4 Å². The lowest BCUT2D eigenvalue weighted by molar-refractivity contribution is 0.200. The molecule has 3 unspecified atom stereocenters. The summed E-state index contributed by atoms with van der Waals surface area (Å²) in [4.78, 5) is 7.30. The fourth-order valence-electron chi connectivity index (χ4n) is 3.73. The van der Waals surface area contributed by atoms with Crippen LogP contribution in [0.1, 0.15) is 78.6 Å². The summed E-state index contributed by atoms with van der Waals surface area (Å²) in [5.41, 5.74) is 0. The first-order valence-corrected chi connectivity index (χ1v) is 10.5. The van der Waals surface area contributed by atoms with Crippen molar-refractivity contribution in [3.63, 3.8) is 0 Å². The van der Waals surface area contributed by atoms with E-state index in [2.05, 4.69) is 56.6 Å². The minimum Gasteiger partial charge on any atom is -0.304 e. The molecule has 0 radical (unpaired) electrons. The monoisotopic (exact) mass is 339 g/mol. The lowest BCUT2D eigenvalue weighted by atomic mass is 10.1.